The highest BCUT2D eigenvalue weighted by Gasteiger charge is 2.48. The Kier molecular flexibility index (Phi) is 4.28. The van der Waals surface area contributed by atoms with Crippen molar-refractivity contribution in [2.24, 2.45) is 5.41 Å². The van der Waals surface area contributed by atoms with E-state index >= 15 is 0 Å². The molecule has 1 N–H and O–H groups in total. The first-order valence-electron chi connectivity index (χ1n) is 9.12. The molecular formula is C19H24N4O3. The van der Waals surface area contributed by atoms with E-state index in [1.54, 1.807) is 29.3 Å². The van der Waals surface area contributed by atoms with Crippen molar-refractivity contribution in [3.8, 4) is 0 Å². The van der Waals surface area contributed by atoms with Crippen LogP contribution in [0, 0.1) is 5.41 Å². The van der Waals surface area contributed by atoms with Gasteiger partial charge in [0.15, 0.2) is 0 Å². The number of carbonyl (C=O) groups is 1. The summed E-state index contributed by atoms with van der Waals surface area (Å²) in [6, 6.07) is 5.21. The number of aliphatic hydroxyl groups excluding tert-OH is 1. The number of pyridine rings is 1. The normalized spacial score (nSPS) is 26.7. The van der Waals surface area contributed by atoms with Gasteiger partial charge in [0.25, 0.3) is 11.5 Å². The topological polar surface area (TPSA) is 78.2 Å². The molecule has 0 saturated carbocycles. The zero-order chi connectivity index (χ0) is 18.3. The van der Waals surface area contributed by atoms with Crippen LogP contribution in [0.1, 0.15) is 29.6 Å². The van der Waals surface area contributed by atoms with Gasteiger partial charge in [-0.1, -0.05) is 6.07 Å². The standard InChI is InChI=1S/C19H24N4O3/c1-21-10-7-19(13-24)6-4-9-22(15(19)12-21)17(25)14-11-20-16-5-2-3-8-23(16)18(14)26/h2-3,5,8,11,15,24H,4,6-7,9-10,12-13H2,1H3/t15-,19-/m1/s1. The smallest absolute Gasteiger partial charge is 0.270 e. The number of hydrogen-bond donors (Lipinski definition) is 1. The Morgan fingerprint density at radius 1 is 1.35 bits per heavy atom. The first-order chi connectivity index (χ1) is 12.6. The van der Waals surface area contributed by atoms with E-state index in [1.807, 2.05) is 7.05 Å². The zero-order valence-corrected chi connectivity index (χ0v) is 15.0. The van der Waals surface area contributed by atoms with E-state index in [4.69, 9.17) is 0 Å². The van der Waals surface area contributed by atoms with Crippen molar-refractivity contribution in [2.45, 2.75) is 25.3 Å². The average Bonchev–Trinajstić information content (AvgIpc) is 2.67. The minimum Gasteiger partial charge on any atom is -0.396 e. The molecule has 2 aromatic heterocycles. The second-order valence-corrected chi connectivity index (χ2v) is 7.56. The predicted octanol–water partition coefficient (Wildman–Crippen LogP) is 0.613. The molecule has 4 heterocycles. The lowest BCUT2D eigenvalue weighted by molar-refractivity contribution is -0.0589. The molecule has 2 fully saturated rings. The number of amides is 1. The molecule has 4 rings (SSSR count). The summed E-state index contributed by atoms with van der Waals surface area (Å²) in [7, 11) is 2.03. The lowest BCUT2D eigenvalue weighted by Crippen LogP contribution is -2.63. The SMILES string of the molecule is CN1CC[C@@]2(CO)CCCN(C(=O)c3cnc4ccccn4c3=O)[C@@H]2C1. The van der Waals surface area contributed by atoms with Crippen LogP contribution in [-0.2, 0) is 0 Å². The van der Waals surface area contributed by atoms with Crippen LogP contribution in [0.3, 0.4) is 0 Å². The number of likely N-dealkylation sites (tertiary alicyclic amines) is 2. The average molecular weight is 356 g/mol. The van der Waals surface area contributed by atoms with Crippen molar-refractivity contribution in [1.82, 2.24) is 19.2 Å². The molecule has 138 valence electrons. The molecule has 7 heteroatoms. The van der Waals surface area contributed by atoms with Crippen LogP contribution in [0.5, 0.6) is 0 Å². The van der Waals surface area contributed by atoms with E-state index in [1.165, 1.54) is 10.6 Å². The first-order valence-corrected chi connectivity index (χ1v) is 9.12. The second kappa shape index (κ2) is 6.48. The molecule has 2 aliphatic rings. The highest BCUT2D eigenvalue weighted by atomic mass is 16.3. The molecule has 0 radical (unpaired) electrons. The first kappa shape index (κ1) is 17.2. The molecule has 2 aromatic rings. The molecule has 7 nitrogen and oxygen atoms in total. The summed E-state index contributed by atoms with van der Waals surface area (Å²) in [5.74, 6) is -0.279. The molecule has 0 aromatic carbocycles. The monoisotopic (exact) mass is 356 g/mol. The van der Waals surface area contributed by atoms with E-state index in [-0.39, 0.29) is 35.1 Å². The number of piperidine rings is 2. The Labute approximate surface area is 151 Å². The van der Waals surface area contributed by atoms with Gasteiger partial charge in [-0.15, -0.1) is 0 Å². The number of carbonyl (C=O) groups excluding carboxylic acids is 1. The molecule has 0 aliphatic carbocycles. The van der Waals surface area contributed by atoms with E-state index in [0.29, 0.717) is 18.7 Å². The van der Waals surface area contributed by atoms with Crippen LogP contribution in [0.15, 0.2) is 35.4 Å². The van der Waals surface area contributed by atoms with Crippen LogP contribution >= 0.6 is 0 Å². The third-order valence-corrected chi connectivity index (χ3v) is 6.05. The number of aromatic nitrogens is 2. The second-order valence-electron chi connectivity index (χ2n) is 7.56. The van der Waals surface area contributed by atoms with Crippen LogP contribution in [0.4, 0.5) is 0 Å². The summed E-state index contributed by atoms with van der Waals surface area (Å²) in [5, 5.41) is 10.1. The van der Waals surface area contributed by atoms with Crippen LogP contribution in [-0.4, -0.2) is 69.5 Å². The molecule has 1 amide bonds. The fourth-order valence-corrected chi connectivity index (χ4v) is 4.47. The number of aliphatic hydroxyl groups is 1. The van der Waals surface area contributed by atoms with Crippen molar-refractivity contribution in [3.05, 3.63) is 46.5 Å². The Balaban J connectivity index is 1.73. The lowest BCUT2D eigenvalue weighted by Gasteiger charge is -2.53. The third-order valence-electron chi connectivity index (χ3n) is 6.05. The van der Waals surface area contributed by atoms with Gasteiger partial charge in [-0.25, -0.2) is 4.98 Å². The van der Waals surface area contributed by atoms with Crippen molar-refractivity contribution in [2.75, 3.05) is 33.3 Å². The van der Waals surface area contributed by atoms with E-state index in [0.717, 1.165) is 25.8 Å². The van der Waals surface area contributed by atoms with E-state index in [9.17, 15) is 14.7 Å². The molecule has 0 bridgehead atoms. The van der Waals surface area contributed by atoms with Gasteiger partial charge in [0.2, 0.25) is 0 Å². The quantitative estimate of drug-likeness (QED) is 0.853. The number of nitrogens with zero attached hydrogens (tertiary/aromatic N) is 4. The number of likely N-dealkylation sites (N-methyl/N-ethyl adjacent to an activating group) is 1. The van der Waals surface area contributed by atoms with Gasteiger partial charge in [-0.2, -0.15) is 0 Å². The molecule has 0 unspecified atom stereocenters. The Morgan fingerprint density at radius 3 is 3.00 bits per heavy atom. The Hall–Kier alpha value is -2.25. The zero-order valence-electron chi connectivity index (χ0n) is 15.0. The maximum absolute atomic E-state index is 13.3. The number of hydrogen-bond acceptors (Lipinski definition) is 5. The maximum Gasteiger partial charge on any atom is 0.270 e. The maximum atomic E-state index is 13.3. The molecule has 26 heavy (non-hydrogen) atoms. The molecular weight excluding hydrogens is 332 g/mol. The lowest BCUT2D eigenvalue weighted by atomic mass is 9.69. The fourth-order valence-electron chi connectivity index (χ4n) is 4.47. The Bertz CT molecular complexity index is 896. The van der Waals surface area contributed by atoms with Crippen LogP contribution < -0.4 is 5.56 Å². The van der Waals surface area contributed by atoms with Gasteiger partial charge in [0, 0.05) is 30.9 Å². The van der Waals surface area contributed by atoms with Gasteiger partial charge in [-0.3, -0.25) is 14.0 Å². The summed E-state index contributed by atoms with van der Waals surface area (Å²) >= 11 is 0. The minimum atomic E-state index is -0.343. The summed E-state index contributed by atoms with van der Waals surface area (Å²) in [6.07, 6.45) is 5.64. The molecule has 2 atom stereocenters. The fraction of sp³-hybridized carbons (Fsp3) is 0.526. The molecule has 2 aliphatic heterocycles. The largest absolute Gasteiger partial charge is 0.396 e. The molecule has 2 saturated heterocycles. The van der Waals surface area contributed by atoms with Crippen molar-refractivity contribution >= 4 is 11.6 Å². The van der Waals surface area contributed by atoms with Gasteiger partial charge < -0.3 is 14.9 Å². The van der Waals surface area contributed by atoms with Crippen LogP contribution in [0.2, 0.25) is 0 Å². The number of rotatable bonds is 2. The third kappa shape index (κ3) is 2.62. The van der Waals surface area contributed by atoms with Gasteiger partial charge in [-0.05, 0) is 45.0 Å². The summed E-state index contributed by atoms with van der Waals surface area (Å²) in [4.78, 5) is 34.3. The molecule has 0 spiro atoms. The highest BCUT2D eigenvalue weighted by Crippen LogP contribution is 2.42. The van der Waals surface area contributed by atoms with E-state index in [2.05, 4.69) is 9.88 Å². The van der Waals surface area contributed by atoms with Gasteiger partial charge in [0.1, 0.15) is 11.2 Å². The van der Waals surface area contributed by atoms with Gasteiger partial charge in [0.05, 0.1) is 12.6 Å². The van der Waals surface area contributed by atoms with Crippen molar-refractivity contribution in [3.63, 3.8) is 0 Å². The van der Waals surface area contributed by atoms with E-state index < -0.39 is 0 Å². The predicted molar refractivity (Wildman–Crippen MR) is 97.2 cm³/mol. The van der Waals surface area contributed by atoms with Gasteiger partial charge >= 0.3 is 0 Å². The van der Waals surface area contributed by atoms with Crippen molar-refractivity contribution in [1.29, 1.82) is 0 Å². The highest BCUT2D eigenvalue weighted by molar-refractivity contribution is 5.94. The Morgan fingerprint density at radius 2 is 2.19 bits per heavy atom. The summed E-state index contributed by atoms with van der Waals surface area (Å²) in [6.45, 7) is 2.31. The minimum absolute atomic E-state index is 0.0736. The summed E-state index contributed by atoms with van der Waals surface area (Å²) in [5.41, 5.74) is 0.0105. The number of fused-ring (bicyclic) bond motifs is 2. The summed E-state index contributed by atoms with van der Waals surface area (Å²) < 4.78 is 1.41. The van der Waals surface area contributed by atoms with Crippen molar-refractivity contribution < 1.29 is 9.90 Å². The van der Waals surface area contributed by atoms with Crippen LogP contribution in [0.25, 0.3) is 5.65 Å².